The molecule has 0 bridgehead atoms. The number of ether oxygens (including phenoxy) is 1. The Labute approximate surface area is 194 Å². The third kappa shape index (κ3) is 5.86. The second kappa shape index (κ2) is 10.4. The lowest BCUT2D eigenvalue weighted by atomic mass is 10.2. The van der Waals surface area contributed by atoms with Crippen molar-refractivity contribution in [1.82, 2.24) is 10.9 Å². The number of nitro groups is 1. The molecule has 3 N–H and O–H groups in total. The molecule has 0 radical (unpaired) electrons. The SMILES string of the molecule is CCOc1ccc(S(=O)(=O)Nc2ccc(C(=O)NNC(=O)c3ccccc3[N+](=O)[O-])cc2)cc1. The van der Waals surface area contributed by atoms with Gasteiger partial charge in [0, 0.05) is 17.3 Å². The molecule has 0 aliphatic carbocycles. The molecule has 0 atom stereocenters. The predicted octanol–water partition coefficient (Wildman–Crippen LogP) is 2.87. The fourth-order valence-corrected chi connectivity index (χ4v) is 3.92. The Balaban J connectivity index is 1.62. The van der Waals surface area contributed by atoms with Gasteiger partial charge in [-0.15, -0.1) is 0 Å². The highest BCUT2D eigenvalue weighted by atomic mass is 32.2. The Morgan fingerprint density at radius 2 is 1.53 bits per heavy atom. The molecule has 2 amide bonds. The van der Waals surface area contributed by atoms with E-state index in [2.05, 4.69) is 15.6 Å². The van der Waals surface area contributed by atoms with E-state index >= 15 is 0 Å². The van der Waals surface area contributed by atoms with Crippen molar-refractivity contribution in [3.63, 3.8) is 0 Å². The van der Waals surface area contributed by atoms with Gasteiger partial charge in [-0.3, -0.25) is 35.3 Å². The van der Waals surface area contributed by atoms with Gasteiger partial charge in [-0.05, 0) is 61.5 Å². The summed E-state index contributed by atoms with van der Waals surface area (Å²) in [6, 6.07) is 16.7. The zero-order valence-corrected chi connectivity index (χ0v) is 18.7. The average molecular weight is 484 g/mol. The Kier molecular flexibility index (Phi) is 7.43. The van der Waals surface area contributed by atoms with Crippen molar-refractivity contribution in [2.75, 3.05) is 11.3 Å². The molecule has 0 spiro atoms. The van der Waals surface area contributed by atoms with Crippen molar-refractivity contribution < 1.29 is 27.7 Å². The molecule has 3 aromatic rings. The number of carbonyl (C=O) groups is 2. The molecule has 0 fully saturated rings. The minimum atomic E-state index is -3.86. The third-order valence-electron chi connectivity index (χ3n) is 4.48. The molecule has 3 rings (SSSR count). The maximum atomic E-state index is 12.6. The van der Waals surface area contributed by atoms with Crippen molar-refractivity contribution in [2.45, 2.75) is 11.8 Å². The van der Waals surface area contributed by atoms with E-state index < -0.39 is 32.4 Å². The van der Waals surface area contributed by atoms with Crippen LogP contribution in [0.15, 0.2) is 77.7 Å². The van der Waals surface area contributed by atoms with Gasteiger partial charge in [0.2, 0.25) is 0 Å². The normalized spacial score (nSPS) is 10.7. The lowest BCUT2D eigenvalue weighted by Gasteiger charge is -2.10. The van der Waals surface area contributed by atoms with Crippen LogP contribution in [0, 0.1) is 10.1 Å². The first-order valence-corrected chi connectivity index (χ1v) is 11.4. The number of nitro benzene ring substituents is 1. The minimum absolute atomic E-state index is 0.0375. The number of nitrogens with zero attached hydrogens (tertiary/aromatic N) is 1. The van der Waals surface area contributed by atoms with E-state index in [4.69, 9.17) is 4.74 Å². The van der Waals surface area contributed by atoms with Gasteiger partial charge in [-0.1, -0.05) is 12.1 Å². The molecule has 0 heterocycles. The van der Waals surface area contributed by atoms with E-state index in [9.17, 15) is 28.1 Å². The van der Waals surface area contributed by atoms with E-state index in [1.165, 1.54) is 60.7 Å². The number of para-hydroxylation sites is 1. The maximum absolute atomic E-state index is 12.6. The summed E-state index contributed by atoms with van der Waals surface area (Å²) < 4.78 is 32.8. The second-order valence-electron chi connectivity index (χ2n) is 6.77. The predicted molar refractivity (Wildman–Crippen MR) is 123 cm³/mol. The van der Waals surface area contributed by atoms with Crippen molar-refractivity contribution in [3.05, 3.63) is 94.0 Å². The molecule has 34 heavy (non-hydrogen) atoms. The zero-order chi connectivity index (χ0) is 24.7. The number of benzene rings is 3. The van der Waals surface area contributed by atoms with E-state index in [0.29, 0.717) is 12.4 Å². The van der Waals surface area contributed by atoms with E-state index in [1.807, 2.05) is 6.92 Å². The van der Waals surface area contributed by atoms with E-state index in [0.717, 1.165) is 0 Å². The molecule has 0 saturated heterocycles. The Hall–Kier alpha value is -4.45. The lowest BCUT2D eigenvalue weighted by molar-refractivity contribution is -0.385. The van der Waals surface area contributed by atoms with Gasteiger partial charge in [0.25, 0.3) is 27.5 Å². The Bertz CT molecular complexity index is 1310. The number of amides is 2. The summed E-state index contributed by atoms with van der Waals surface area (Å²) in [7, 11) is -3.86. The molecule has 11 nitrogen and oxygen atoms in total. The van der Waals surface area contributed by atoms with Gasteiger partial charge in [0.1, 0.15) is 11.3 Å². The molecule has 0 aliphatic rings. The summed E-state index contributed by atoms with van der Waals surface area (Å²) in [4.78, 5) is 34.9. The zero-order valence-electron chi connectivity index (χ0n) is 17.8. The number of nitrogens with one attached hydrogen (secondary N) is 3. The highest BCUT2D eigenvalue weighted by Gasteiger charge is 2.20. The van der Waals surface area contributed by atoms with Crippen LogP contribution in [0.25, 0.3) is 0 Å². The second-order valence-corrected chi connectivity index (χ2v) is 8.45. The van der Waals surface area contributed by atoms with Crippen LogP contribution in [0.3, 0.4) is 0 Å². The monoisotopic (exact) mass is 484 g/mol. The molecule has 12 heteroatoms. The number of hydrazine groups is 1. The maximum Gasteiger partial charge on any atom is 0.282 e. The minimum Gasteiger partial charge on any atom is -0.494 e. The summed E-state index contributed by atoms with van der Waals surface area (Å²) in [5, 5.41) is 11.0. The van der Waals surface area contributed by atoms with Crippen LogP contribution < -0.4 is 20.3 Å². The summed E-state index contributed by atoms with van der Waals surface area (Å²) in [6.07, 6.45) is 0. The fraction of sp³-hybridized carbons (Fsp3) is 0.0909. The fourth-order valence-electron chi connectivity index (χ4n) is 2.86. The molecule has 176 valence electrons. The first-order chi connectivity index (χ1) is 16.2. The summed E-state index contributed by atoms with van der Waals surface area (Å²) in [5.74, 6) is -1.01. The first-order valence-electron chi connectivity index (χ1n) is 9.91. The lowest BCUT2D eigenvalue weighted by Crippen LogP contribution is -2.41. The average Bonchev–Trinajstić information content (AvgIpc) is 2.83. The Morgan fingerprint density at radius 3 is 2.15 bits per heavy atom. The first kappa shape index (κ1) is 24.2. The van der Waals surface area contributed by atoms with Crippen molar-refractivity contribution >= 4 is 33.2 Å². The standard InChI is InChI=1S/C22H20N4O7S/c1-2-33-17-11-13-18(14-12-17)34(31,32)25-16-9-7-15(8-10-16)21(27)23-24-22(28)19-5-3-4-6-20(19)26(29)30/h3-14,25H,2H2,1H3,(H,23,27)(H,24,28). The molecular formula is C22H20N4O7S. The van der Waals surface area contributed by atoms with Crippen LogP contribution in [0.2, 0.25) is 0 Å². The van der Waals surface area contributed by atoms with Gasteiger partial charge in [0.05, 0.1) is 16.4 Å². The van der Waals surface area contributed by atoms with Gasteiger partial charge in [-0.25, -0.2) is 8.42 Å². The molecule has 0 saturated carbocycles. The largest absolute Gasteiger partial charge is 0.494 e. The van der Waals surface area contributed by atoms with Crippen molar-refractivity contribution in [2.24, 2.45) is 0 Å². The Morgan fingerprint density at radius 1 is 0.912 bits per heavy atom. The highest BCUT2D eigenvalue weighted by molar-refractivity contribution is 7.92. The van der Waals surface area contributed by atoms with Crippen LogP contribution in [0.4, 0.5) is 11.4 Å². The topological polar surface area (TPSA) is 157 Å². The van der Waals surface area contributed by atoms with Gasteiger partial charge >= 0.3 is 0 Å². The number of rotatable bonds is 8. The van der Waals surface area contributed by atoms with E-state index in [1.54, 1.807) is 12.1 Å². The molecule has 0 aliphatic heterocycles. The molecular weight excluding hydrogens is 464 g/mol. The van der Waals surface area contributed by atoms with Gasteiger partial charge in [0.15, 0.2) is 0 Å². The van der Waals surface area contributed by atoms with Gasteiger partial charge in [-0.2, -0.15) is 0 Å². The number of hydrogen-bond donors (Lipinski definition) is 3. The summed E-state index contributed by atoms with van der Waals surface area (Å²) >= 11 is 0. The number of anilines is 1. The molecule has 0 aromatic heterocycles. The summed E-state index contributed by atoms with van der Waals surface area (Å²) in [6.45, 7) is 2.28. The van der Waals surface area contributed by atoms with Crippen LogP contribution in [0.5, 0.6) is 5.75 Å². The van der Waals surface area contributed by atoms with Crippen LogP contribution >= 0.6 is 0 Å². The smallest absolute Gasteiger partial charge is 0.282 e. The number of carbonyl (C=O) groups excluding carboxylic acids is 2. The van der Waals surface area contributed by atoms with Crippen LogP contribution in [-0.4, -0.2) is 31.8 Å². The van der Waals surface area contributed by atoms with Crippen LogP contribution in [-0.2, 0) is 10.0 Å². The highest BCUT2D eigenvalue weighted by Crippen LogP contribution is 2.20. The van der Waals surface area contributed by atoms with Crippen molar-refractivity contribution in [3.8, 4) is 5.75 Å². The summed E-state index contributed by atoms with van der Waals surface area (Å²) in [5.41, 5.74) is 3.99. The number of sulfonamides is 1. The van der Waals surface area contributed by atoms with Gasteiger partial charge < -0.3 is 4.74 Å². The molecule has 0 unspecified atom stereocenters. The molecule has 3 aromatic carbocycles. The third-order valence-corrected chi connectivity index (χ3v) is 5.88. The van der Waals surface area contributed by atoms with Crippen molar-refractivity contribution in [1.29, 1.82) is 0 Å². The van der Waals surface area contributed by atoms with E-state index in [-0.39, 0.29) is 21.7 Å². The number of hydrogen-bond acceptors (Lipinski definition) is 7. The van der Waals surface area contributed by atoms with Crippen LogP contribution in [0.1, 0.15) is 27.6 Å². The quantitative estimate of drug-likeness (QED) is 0.328.